The van der Waals surface area contributed by atoms with Crippen molar-refractivity contribution in [3.63, 3.8) is 0 Å². The summed E-state index contributed by atoms with van der Waals surface area (Å²) in [5.41, 5.74) is 0. The van der Waals surface area contributed by atoms with Crippen LogP contribution in [0.1, 0.15) is 33.1 Å². The second-order valence-electron chi connectivity index (χ2n) is 5.49. The maximum absolute atomic E-state index is 9.61. The van der Waals surface area contributed by atoms with E-state index < -0.39 is 6.10 Å². The normalized spacial score (nSPS) is 22.0. The number of aliphatic hydroxyl groups is 1. The third-order valence-electron chi connectivity index (χ3n) is 3.91. The Morgan fingerprint density at radius 2 is 2.06 bits per heavy atom. The first-order valence-electron chi connectivity index (χ1n) is 7.30. The number of nitrogens with zero attached hydrogens (tertiary/aromatic N) is 1. The quantitative estimate of drug-likeness (QED) is 0.684. The van der Waals surface area contributed by atoms with Gasteiger partial charge in [-0.3, -0.25) is 0 Å². The molecule has 1 rings (SSSR count). The van der Waals surface area contributed by atoms with Crippen molar-refractivity contribution in [2.75, 3.05) is 39.9 Å². The molecule has 0 saturated carbocycles. The summed E-state index contributed by atoms with van der Waals surface area (Å²) in [6.45, 7) is 9.21. The van der Waals surface area contributed by atoms with Gasteiger partial charge in [0.15, 0.2) is 0 Å². The Morgan fingerprint density at radius 3 is 2.61 bits per heavy atom. The maximum Gasteiger partial charge on any atom is 0.0897 e. The third kappa shape index (κ3) is 5.65. The first-order chi connectivity index (χ1) is 8.67. The largest absolute Gasteiger partial charge is 0.389 e. The van der Waals surface area contributed by atoms with Crippen molar-refractivity contribution in [2.45, 2.75) is 45.3 Å². The Bertz CT molecular complexity index is 206. The van der Waals surface area contributed by atoms with Gasteiger partial charge in [-0.2, -0.15) is 0 Å². The molecular weight excluding hydrogens is 228 g/mol. The Labute approximate surface area is 112 Å². The summed E-state index contributed by atoms with van der Waals surface area (Å²) < 4.78 is 4.93. The van der Waals surface area contributed by atoms with Crippen LogP contribution in [0.15, 0.2) is 0 Å². The minimum atomic E-state index is -0.391. The van der Waals surface area contributed by atoms with Gasteiger partial charge in [-0.05, 0) is 51.7 Å². The number of nitrogens with one attached hydrogen (secondary N) is 1. The highest BCUT2D eigenvalue weighted by Crippen LogP contribution is 2.20. The molecule has 2 unspecified atom stereocenters. The van der Waals surface area contributed by atoms with E-state index in [9.17, 15) is 5.11 Å². The van der Waals surface area contributed by atoms with Crippen molar-refractivity contribution in [1.29, 1.82) is 0 Å². The summed E-state index contributed by atoms with van der Waals surface area (Å²) in [5, 5.41) is 13.0. The second kappa shape index (κ2) is 8.86. The van der Waals surface area contributed by atoms with Crippen LogP contribution in [-0.2, 0) is 4.74 Å². The van der Waals surface area contributed by atoms with Gasteiger partial charge >= 0.3 is 0 Å². The number of aliphatic hydroxyl groups excluding tert-OH is 1. The fourth-order valence-corrected chi connectivity index (χ4v) is 2.73. The molecule has 4 nitrogen and oxygen atoms in total. The van der Waals surface area contributed by atoms with Crippen molar-refractivity contribution in [3.05, 3.63) is 0 Å². The summed E-state index contributed by atoms with van der Waals surface area (Å²) in [6, 6.07) is 0.486. The van der Waals surface area contributed by atoms with Crippen LogP contribution in [0.4, 0.5) is 0 Å². The zero-order valence-corrected chi connectivity index (χ0v) is 12.2. The highest BCUT2D eigenvalue weighted by molar-refractivity contribution is 4.80. The Balaban J connectivity index is 2.17. The first kappa shape index (κ1) is 15.9. The van der Waals surface area contributed by atoms with Gasteiger partial charge in [-0.1, -0.05) is 6.92 Å². The molecule has 4 heteroatoms. The fourth-order valence-electron chi connectivity index (χ4n) is 2.73. The van der Waals surface area contributed by atoms with E-state index in [2.05, 4.69) is 24.1 Å². The number of ether oxygens (including phenoxy) is 1. The monoisotopic (exact) mass is 258 g/mol. The van der Waals surface area contributed by atoms with Gasteiger partial charge in [0, 0.05) is 19.7 Å². The molecule has 1 saturated heterocycles. The standard InChI is InChI=1S/C14H30N2O2/c1-4-7-16-8-5-13(6-9-16)12(2)15-10-14(17)11-18-3/h12-15,17H,4-11H2,1-3H3. The van der Waals surface area contributed by atoms with Crippen LogP contribution in [0, 0.1) is 5.92 Å². The Morgan fingerprint density at radius 1 is 1.39 bits per heavy atom. The molecular formula is C14H30N2O2. The van der Waals surface area contributed by atoms with E-state index in [1.54, 1.807) is 7.11 Å². The number of hydrogen-bond donors (Lipinski definition) is 2. The lowest BCUT2D eigenvalue weighted by Gasteiger charge is -2.35. The minimum Gasteiger partial charge on any atom is -0.389 e. The third-order valence-corrected chi connectivity index (χ3v) is 3.91. The maximum atomic E-state index is 9.61. The molecule has 2 N–H and O–H groups in total. The van der Waals surface area contributed by atoms with E-state index in [1.807, 2.05) is 0 Å². The molecule has 0 bridgehead atoms. The Kier molecular flexibility index (Phi) is 7.82. The summed E-state index contributed by atoms with van der Waals surface area (Å²) in [4.78, 5) is 2.56. The van der Waals surface area contributed by atoms with Gasteiger partial charge in [0.25, 0.3) is 0 Å². The van der Waals surface area contributed by atoms with Crippen LogP contribution >= 0.6 is 0 Å². The molecule has 1 aliphatic heterocycles. The van der Waals surface area contributed by atoms with Crippen molar-refractivity contribution < 1.29 is 9.84 Å². The van der Waals surface area contributed by atoms with Crippen LogP contribution < -0.4 is 5.32 Å². The number of hydrogen-bond acceptors (Lipinski definition) is 4. The lowest BCUT2D eigenvalue weighted by molar-refractivity contribution is 0.0598. The van der Waals surface area contributed by atoms with E-state index in [0.29, 0.717) is 19.2 Å². The van der Waals surface area contributed by atoms with Crippen molar-refractivity contribution in [3.8, 4) is 0 Å². The van der Waals surface area contributed by atoms with Crippen LogP contribution in [0.2, 0.25) is 0 Å². The van der Waals surface area contributed by atoms with Gasteiger partial charge in [0.05, 0.1) is 12.7 Å². The van der Waals surface area contributed by atoms with Crippen molar-refractivity contribution in [1.82, 2.24) is 10.2 Å². The van der Waals surface area contributed by atoms with E-state index in [0.717, 1.165) is 5.92 Å². The average molecular weight is 258 g/mol. The molecule has 18 heavy (non-hydrogen) atoms. The van der Waals surface area contributed by atoms with Gasteiger partial charge in [-0.15, -0.1) is 0 Å². The molecule has 0 aromatic rings. The zero-order valence-electron chi connectivity index (χ0n) is 12.2. The topological polar surface area (TPSA) is 44.7 Å². The van der Waals surface area contributed by atoms with E-state index in [-0.39, 0.29) is 0 Å². The lowest BCUT2D eigenvalue weighted by Crippen LogP contribution is -2.44. The summed E-state index contributed by atoms with van der Waals surface area (Å²) >= 11 is 0. The van der Waals surface area contributed by atoms with E-state index in [1.165, 1.54) is 38.9 Å². The Hall–Kier alpha value is -0.160. The highest BCUT2D eigenvalue weighted by Gasteiger charge is 2.23. The first-order valence-corrected chi connectivity index (χ1v) is 7.30. The number of rotatable bonds is 8. The molecule has 1 fully saturated rings. The van der Waals surface area contributed by atoms with Crippen LogP contribution in [0.25, 0.3) is 0 Å². The van der Waals surface area contributed by atoms with Gasteiger partial charge < -0.3 is 20.1 Å². The average Bonchev–Trinajstić information content (AvgIpc) is 2.37. The molecule has 0 radical (unpaired) electrons. The zero-order chi connectivity index (χ0) is 13.4. The van der Waals surface area contributed by atoms with E-state index in [4.69, 9.17) is 4.74 Å². The molecule has 0 spiro atoms. The van der Waals surface area contributed by atoms with Gasteiger partial charge in [-0.25, -0.2) is 0 Å². The number of piperidine rings is 1. The lowest BCUT2D eigenvalue weighted by atomic mass is 9.90. The number of methoxy groups -OCH3 is 1. The van der Waals surface area contributed by atoms with Crippen LogP contribution in [0.5, 0.6) is 0 Å². The fraction of sp³-hybridized carbons (Fsp3) is 1.00. The summed E-state index contributed by atoms with van der Waals surface area (Å²) in [6.07, 6.45) is 3.41. The van der Waals surface area contributed by atoms with E-state index >= 15 is 0 Å². The SMILES string of the molecule is CCCN1CCC(C(C)NCC(O)COC)CC1. The number of likely N-dealkylation sites (tertiary alicyclic amines) is 1. The second-order valence-corrected chi connectivity index (χ2v) is 5.49. The summed E-state index contributed by atoms with van der Waals surface area (Å²) in [7, 11) is 1.62. The van der Waals surface area contributed by atoms with Crippen molar-refractivity contribution >= 4 is 0 Å². The molecule has 108 valence electrons. The molecule has 1 heterocycles. The van der Waals surface area contributed by atoms with Gasteiger partial charge in [0.2, 0.25) is 0 Å². The molecule has 0 aromatic carbocycles. The van der Waals surface area contributed by atoms with Gasteiger partial charge in [0.1, 0.15) is 0 Å². The van der Waals surface area contributed by atoms with Crippen molar-refractivity contribution in [2.24, 2.45) is 5.92 Å². The highest BCUT2D eigenvalue weighted by atomic mass is 16.5. The molecule has 2 atom stereocenters. The summed E-state index contributed by atoms with van der Waals surface area (Å²) in [5.74, 6) is 0.743. The molecule has 1 aliphatic rings. The van der Waals surface area contributed by atoms with Crippen LogP contribution in [0.3, 0.4) is 0 Å². The smallest absolute Gasteiger partial charge is 0.0897 e. The molecule has 0 amide bonds. The minimum absolute atomic E-state index is 0.391. The molecule has 0 aromatic heterocycles. The molecule has 0 aliphatic carbocycles. The predicted octanol–water partition coefficient (Wildman–Crippen LogP) is 1.09. The predicted molar refractivity (Wildman–Crippen MR) is 74.8 cm³/mol. The van der Waals surface area contributed by atoms with Crippen LogP contribution in [-0.4, -0.2) is 62.0 Å².